The van der Waals surface area contributed by atoms with E-state index in [4.69, 9.17) is 5.73 Å². The smallest absolute Gasteiger partial charge is 0.263 e. The highest BCUT2D eigenvalue weighted by molar-refractivity contribution is 9.10. The molecule has 0 saturated carbocycles. The Morgan fingerprint density at radius 2 is 2.11 bits per heavy atom. The van der Waals surface area contributed by atoms with E-state index in [2.05, 4.69) is 26.2 Å². The van der Waals surface area contributed by atoms with Crippen LogP contribution in [0, 0.1) is 0 Å². The van der Waals surface area contributed by atoms with Crippen molar-refractivity contribution in [3.63, 3.8) is 0 Å². The van der Waals surface area contributed by atoms with Gasteiger partial charge in [-0.25, -0.2) is 4.98 Å². The number of nitrogens with two attached hydrogens (primary N) is 1. The summed E-state index contributed by atoms with van der Waals surface area (Å²) in [6.07, 6.45) is 1.82. The molecule has 0 bridgehead atoms. The van der Waals surface area contributed by atoms with Gasteiger partial charge in [-0.15, -0.1) is 0 Å². The summed E-state index contributed by atoms with van der Waals surface area (Å²) in [5.74, 6) is 0.312. The maximum Gasteiger partial charge on any atom is 0.263 e. The fourth-order valence-corrected chi connectivity index (χ4v) is 2.97. The minimum absolute atomic E-state index is 0.0456. The van der Waals surface area contributed by atoms with Crippen LogP contribution in [0.4, 0.5) is 5.95 Å². The van der Waals surface area contributed by atoms with Crippen LogP contribution in [0.25, 0.3) is 10.9 Å². The first-order valence-electron chi connectivity index (χ1n) is 6.35. The van der Waals surface area contributed by atoms with Crippen molar-refractivity contribution in [2.45, 2.75) is 18.9 Å². The molecule has 1 aliphatic rings. The van der Waals surface area contributed by atoms with Gasteiger partial charge in [0.15, 0.2) is 0 Å². The van der Waals surface area contributed by atoms with Crippen LogP contribution in [0.3, 0.4) is 0 Å². The number of halogens is 1. The number of nitrogens with zero attached hydrogens (tertiary/aromatic N) is 2. The van der Waals surface area contributed by atoms with Gasteiger partial charge in [0.2, 0.25) is 5.95 Å². The van der Waals surface area contributed by atoms with E-state index < -0.39 is 0 Å². The summed E-state index contributed by atoms with van der Waals surface area (Å²) in [5.41, 5.74) is 6.58. The lowest BCUT2D eigenvalue weighted by Gasteiger charge is -2.25. The van der Waals surface area contributed by atoms with Crippen LogP contribution in [-0.4, -0.2) is 22.6 Å². The number of nitrogens with one attached hydrogen (secondary N) is 1. The van der Waals surface area contributed by atoms with Crippen LogP contribution in [0.1, 0.15) is 18.9 Å². The second kappa shape index (κ2) is 4.94. The Kier molecular flexibility index (Phi) is 3.28. The van der Waals surface area contributed by atoms with E-state index in [1.54, 1.807) is 4.57 Å². The summed E-state index contributed by atoms with van der Waals surface area (Å²) in [6.45, 7) is 1.82. The molecule has 1 aromatic heterocycles. The normalized spacial score (nSPS) is 16.9. The standard InChI is InChI=1S/C13H15BrN4O/c14-8-1-2-11-10(7-8)12(19)18(13(15)17-11)9-3-5-16-6-4-9/h1-2,7,9,16H,3-6H2,(H2,15,17). The van der Waals surface area contributed by atoms with Gasteiger partial charge in [-0.05, 0) is 44.1 Å². The van der Waals surface area contributed by atoms with Gasteiger partial charge >= 0.3 is 0 Å². The molecular weight excluding hydrogens is 308 g/mol. The van der Waals surface area contributed by atoms with E-state index in [0.29, 0.717) is 16.9 Å². The second-order valence-corrected chi connectivity index (χ2v) is 5.70. The zero-order valence-electron chi connectivity index (χ0n) is 10.4. The van der Waals surface area contributed by atoms with Crippen molar-refractivity contribution in [3.8, 4) is 0 Å². The van der Waals surface area contributed by atoms with Gasteiger partial charge in [0.25, 0.3) is 5.56 Å². The first-order chi connectivity index (χ1) is 9.16. The molecule has 2 heterocycles. The lowest BCUT2D eigenvalue weighted by molar-refractivity contribution is 0.363. The van der Waals surface area contributed by atoms with Crippen LogP contribution in [0.5, 0.6) is 0 Å². The number of fused-ring (bicyclic) bond motifs is 1. The number of hydrogen-bond donors (Lipinski definition) is 2. The molecule has 6 heteroatoms. The Labute approximate surface area is 119 Å². The maximum atomic E-state index is 12.6. The second-order valence-electron chi connectivity index (χ2n) is 4.79. The van der Waals surface area contributed by atoms with E-state index >= 15 is 0 Å². The number of hydrogen-bond acceptors (Lipinski definition) is 4. The Bertz CT molecular complexity index is 676. The average Bonchev–Trinajstić information content (AvgIpc) is 2.41. The average molecular weight is 323 g/mol. The van der Waals surface area contributed by atoms with E-state index in [1.807, 2.05) is 18.2 Å². The van der Waals surface area contributed by atoms with Gasteiger partial charge in [0.05, 0.1) is 10.9 Å². The molecule has 19 heavy (non-hydrogen) atoms. The third kappa shape index (κ3) is 2.26. The summed E-state index contributed by atoms with van der Waals surface area (Å²) in [7, 11) is 0. The van der Waals surface area contributed by atoms with Crippen LogP contribution < -0.4 is 16.6 Å². The molecule has 0 radical (unpaired) electrons. The predicted octanol–water partition coefficient (Wildman–Crippen LogP) is 1.67. The molecule has 100 valence electrons. The predicted molar refractivity (Wildman–Crippen MR) is 79.3 cm³/mol. The van der Waals surface area contributed by atoms with Gasteiger partial charge in [0, 0.05) is 10.5 Å². The van der Waals surface area contributed by atoms with Gasteiger partial charge in [0.1, 0.15) is 0 Å². The molecule has 0 amide bonds. The summed E-state index contributed by atoms with van der Waals surface area (Å²) in [4.78, 5) is 17.0. The third-order valence-corrected chi connectivity index (χ3v) is 4.06. The van der Waals surface area contributed by atoms with Crippen LogP contribution in [0.2, 0.25) is 0 Å². The number of anilines is 1. The topological polar surface area (TPSA) is 72.9 Å². The number of piperidine rings is 1. The highest BCUT2D eigenvalue weighted by atomic mass is 79.9. The largest absolute Gasteiger partial charge is 0.369 e. The van der Waals surface area contributed by atoms with Crippen LogP contribution >= 0.6 is 15.9 Å². The molecule has 1 aliphatic heterocycles. The number of benzene rings is 1. The third-order valence-electron chi connectivity index (χ3n) is 3.56. The van der Waals surface area contributed by atoms with Crippen molar-refractivity contribution >= 4 is 32.8 Å². The maximum absolute atomic E-state index is 12.6. The molecule has 0 unspecified atom stereocenters. The van der Waals surface area contributed by atoms with Crippen LogP contribution in [0.15, 0.2) is 27.5 Å². The number of aromatic nitrogens is 2. The van der Waals surface area contributed by atoms with Crippen molar-refractivity contribution in [1.82, 2.24) is 14.9 Å². The molecule has 3 N–H and O–H groups in total. The van der Waals surface area contributed by atoms with Crippen molar-refractivity contribution in [1.29, 1.82) is 0 Å². The first kappa shape index (κ1) is 12.6. The Hall–Kier alpha value is -1.40. The molecule has 5 nitrogen and oxygen atoms in total. The lowest BCUT2D eigenvalue weighted by Crippen LogP contribution is -2.35. The quantitative estimate of drug-likeness (QED) is 0.837. The summed E-state index contributed by atoms with van der Waals surface area (Å²) in [6, 6.07) is 5.62. The van der Waals surface area contributed by atoms with E-state index in [9.17, 15) is 4.79 Å². The van der Waals surface area contributed by atoms with E-state index in [1.165, 1.54) is 0 Å². The molecule has 0 atom stereocenters. The van der Waals surface area contributed by atoms with Crippen molar-refractivity contribution in [3.05, 3.63) is 33.0 Å². The van der Waals surface area contributed by atoms with E-state index in [0.717, 1.165) is 30.4 Å². The highest BCUT2D eigenvalue weighted by Gasteiger charge is 2.20. The molecule has 0 aliphatic carbocycles. The zero-order chi connectivity index (χ0) is 13.4. The fourth-order valence-electron chi connectivity index (χ4n) is 2.61. The lowest BCUT2D eigenvalue weighted by atomic mass is 10.1. The number of rotatable bonds is 1. The van der Waals surface area contributed by atoms with Gasteiger partial charge in [-0.3, -0.25) is 9.36 Å². The zero-order valence-corrected chi connectivity index (χ0v) is 12.0. The van der Waals surface area contributed by atoms with Crippen LogP contribution in [-0.2, 0) is 0 Å². The minimum Gasteiger partial charge on any atom is -0.369 e. The van der Waals surface area contributed by atoms with Gasteiger partial charge < -0.3 is 11.1 Å². The minimum atomic E-state index is -0.0456. The van der Waals surface area contributed by atoms with Crippen molar-refractivity contribution < 1.29 is 0 Å². The molecule has 1 aromatic carbocycles. The molecule has 1 saturated heterocycles. The van der Waals surface area contributed by atoms with Crippen molar-refractivity contribution in [2.24, 2.45) is 0 Å². The molecule has 3 rings (SSSR count). The summed E-state index contributed by atoms with van der Waals surface area (Å²) >= 11 is 3.39. The van der Waals surface area contributed by atoms with Crippen molar-refractivity contribution in [2.75, 3.05) is 18.8 Å². The Morgan fingerprint density at radius 3 is 2.84 bits per heavy atom. The highest BCUT2D eigenvalue weighted by Crippen LogP contribution is 2.22. The molecule has 2 aromatic rings. The van der Waals surface area contributed by atoms with Gasteiger partial charge in [-0.1, -0.05) is 15.9 Å². The fraction of sp³-hybridized carbons (Fsp3) is 0.385. The number of nitrogen functional groups attached to an aromatic ring is 1. The molecule has 1 fully saturated rings. The molecule has 0 spiro atoms. The SMILES string of the molecule is Nc1nc2ccc(Br)cc2c(=O)n1C1CCNCC1. The van der Waals surface area contributed by atoms with E-state index in [-0.39, 0.29) is 11.6 Å². The molecular formula is C13H15BrN4O. The van der Waals surface area contributed by atoms with Gasteiger partial charge in [-0.2, -0.15) is 0 Å². The summed E-state index contributed by atoms with van der Waals surface area (Å²) in [5, 5.41) is 3.90. The summed E-state index contributed by atoms with van der Waals surface area (Å²) < 4.78 is 2.52. The monoisotopic (exact) mass is 322 g/mol. The first-order valence-corrected chi connectivity index (χ1v) is 7.14. The Morgan fingerprint density at radius 1 is 1.37 bits per heavy atom. The Balaban J connectivity index is 2.21.